The Morgan fingerprint density at radius 3 is 2.22 bits per heavy atom. The summed E-state index contributed by atoms with van der Waals surface area (Å²) in [7, 11) is 0. The molecule has 0 unspecified atom stereocenters. The van der Waals surface area contributed by atoms with E-state index in [0.717, 1.165) is 4.90 Å². The monoisotopic (exact) mass is 259 g/mol. The Morgan fingerprint density at radius 2 is 1.72 bits per heavy atom. The zero-order valence-electron chi connectivity index (χ0n) is 9.17. The fourth-order valence-corrected chi connectivity index (χ4v) is 1.65. The van der Waals surface area contributed by atoms with Gasteiger partial charge < -0.3 is 4.90 Å². The maximum Gasteiger partial charge on any atom is 0.471 e. The van der Waals surface area contributed by atoms with Gasteiger partial charge in [0.05, 0.1) is 0 Å². The number of carbonyl (C=O) groups is 1. The molecule has 2 rings (SSSR count). The fraction of sp³-hybridized carbons (Fsp3) is 0.250. The molecular formula is C12H9F4NO. The third kappa shape index (κ3) is 2.69. The molecule has 18 heavy (non-hydrogen) atoms. The number of alkyl halides is 3. The molecule has 1 aromatic rings. The normalized spacial score (nSPS) is 15.3. The van der Waals surface area contributed by atoms with E-state index < -0.39 is 12.1 Å². The maximum atomic E-state index is 12.6. The van der Waals surface area contributed by atoms with Crippen molar-refractivity contribution in [1.82, 2.24) is 4.90 Å². The molecule has 1 amide bonds. The lowest BCUT2D eigenvalue weighted by Crippen LogP contribution is -2.50. The molecule has 1 heterocycles. The smallest absolute Gasteiger partial charge is 0.327 e. The molecule has 0 saturated carbocycles. The Morgan fingerprint density at radius 1 is 1.17 bits per heavy atom. The molecule has 1 fully saturated rings. The van der Waals surface area contributed by atoms with Crippen LogP contribution in [-0.2, 0) is 4.79 Å². The SMILES string of the molecule is O=C(N1CC(=Cc2ccc(F)cc2)C1)C(F)(F)F. The average molecular weight is 259 g/mol. The summed E-state index contributed by atoms with van der Waals surface area (Å²) in [5, 5.41) is 0. The molecule has 2 nitrogen and oxygen atoms in total. The molecule has 0 aliphatic carbocycles. The second kappa shape index (κ2) is 4.44. The molecule has 1 aliphatic heterocycles. The van der Waals surface area contributed by atoms with E-state index in [-0.39, 0.29) is 18.9 Å². The van der Waals surface area contributed by atoms with Gasteiger partial charge in [0, 0.05) is 13.1 Å². The van der Waals surface area contributed by atoms with Crippen molar-refractivity contribution < 1.29 is 22.4 Å². The number of likely N-dealkylation sites (tertiary alicyclic amines) is 1. The Balaban J connectivity index is 1.97. The van der Waals surface area contributed by atoms with Gasteiger partial charge in [0.2, 0.25) is 0 Å². The van der Waals surface area contributed by atoms with E-state index in [1.807, 2.05) is 0 Å². The molecule has 1 aliphatic rings. The molecular weight excluding hydrogens is 250 g/mol. The molecule has 6 heteroatoms. The number of amides is 1. The van der Waals surface area contributed by atoms with Crippen LogP contribution >= 0.6 is 0 Å². The quantitative estimate of drug-likeness (QED) is 0.710. The van der Waals surface area contributed by atoms with Crippen LogP contribution in [0.25, 0.3) is 6.08 Å². The predicted octanol–water partition coefficient (Wildman–Crippen LogP) is 2.61. The first-order valence-corrected chi connectivity index (χ1v) is 5.17. The van der Waals surface area contributed by atoms with Crippen LogP contribution < -0.4 is 0 Å². The van der Waals surface area contributed by atoms with Gasteiger partial charge >= 0.3 is 12.1 Å². The van der Waals surface area contributed by atoms with Crippen LogP contribution in [0.2, 0.25) is 0 Å². The number of hydrogen-bond acceptors (Lipinski definition) is 1. The zero-order chi connectivity index (χ0) is 13.3. The summed E-state index contributed by atoms with van der Waals surface area (Å²) < 4.78 is 48.8. The highest BCUT2D eigenvalue weighted by molar-refractivity contribution is 5.84. The minimum Gasteiger partial charge on any atom is -0.327 e. The van der Waals surface area contributed by atoms with Gasteiger partial charge in [-0.15, -0.1) is 0 Å². The van der Waals surface area contributed by atoms with E-state index in [1.165, 1.54) is 24.3 Å². The van der Waals surface area contributed by atoms with Gasteiger partial charge in [0.1, 0.15) is 5.82 Å². The lowest BCUT2D eigenvalue weighted by Gasteiger charge is -2.34. The van der Waals surface area contributed by atoms with Crippen molar-refractivity contribution in [2.45, 2.75) is 6.18 Å². The second-order valence-electron chi connectivity index (χ2n) is 4.01. The number of carbonyl (C=O) groups excluding carboxylic acids is 1. The first-order chi connectivity index (χ1) is 8.36. The predicted molar refractivity (Wildman–Crippen MR) is 57.0 cm³/mol. The molecule has 0 N–H and O–H groups in total. The first-order valence-electron chi connectivity index (χ1n) is 5.17. The van der Waals surface area contributed by atoms with Crippen LogP contribution in [0.5, 0.6) is 0 Å². The summed E-state index contributed by atoms with van der Waals surface area (Å²) >= 11 is 0. The van der Waals surface area contributed by atoms with Gasteiger partial charge in [-0.1, -0.05) is 18.2 Å². The topological polar surface area (TPSA) is 20.3 Å². The van der Waals surface area contributed by atoms with Gasteiger partial charge in [0.15, 0.2) is 0 Å². The maximum absolute atomic E-state index is 12.6. The Labute approximate surface area is 101 Å². The van der Waals surface area contributed by atoms with E-state index in [0.29, 0.717) is 11.1 Å². The molecule has 0 bridgehead atoms. The van der Waals surface area contributed by atoms with E-state index in [4.69, 9.17) is 0 Å². The van der Waals surface area contributed by atoms with Crippen molar-refractivity contribution in [3.05, 3.63) is 41.2 Å². The van der Waals surface area contributed by atoms with Crippen LogP contribution in [0.1, 0.15) is 5.56 Å². The molecule has 96 valence electrons. The van der Waals surface area contributed by atoms with E-state index in [1.54, 1.807) is 6.08 Å². The van der Waals surface area contributed by atoms with Crippen molar-refractivity contribution >= 4 is 12.0 Å². The number of hydrogen-bond donors (Lipinski definition) is 0. The van der Waals surface area contributed by atoms with Crippen molar-refractivity contribution in [2.75, 3.05) is 13.1 Å². The highest BCUT2D eigenvalue weighted by atomic mass is 19.4. The van der Waals surface area contributed by atoms with Gasteiger partial charge in [-0.05, 0) is 23.3 Å². The third-order valence-corrected chi connectivity index (χ3v) is 2.56. The summed E-state index contributed by atoms with van der Waals surface area (Å²) in [6, 6.07) is 5.58. The van der Waals surface area contributed by atoms with Crippen LogP contribution in [0.3, 0.4) is 0 Å². The van der Waals surface area contributed by atoms with Crippen LogP contribution in [0.15, 0.2) is 29.8 Å². The van der Waals surface area contributed by atoms with Crippen LogP contribution in [-0.4, -0.2) is 30.1 Å². The molecule has 1 saturated heterocycles. The van der Waals surface area contributed by atoms with Gasteiger partial charge in [0.25, 0.3) is 0 Å². The summed E-state index contributed by atoms with van der Waals surface area (Å²) in [6.07, 6.45) is -3.17. The van der Waals surface area contributed by atoms with Crippen molar-refractivity contribution in [3.63, 3.8) is 0 Å². The largest absolute Gasteiger partial charge is 0.471 e. The van der Waals surface area contributed by atoms with Crippen molar-refractivity contribution in [2.24, 2.45) is 0 Å². The number of halogens is 4. The number of nitrogens with zero attached hydrogens (tertiary/aromatic N) is 1. The molecule has 1 aromatic carbocycles. The molecule has 0 radical (unpaired) electrons. The average Bonchev–Trinajstić information content (AvgIpc) is 2.23. The van der Waals surface area contributed by atoms with Crippen molar-refractivity contribution in [3.8, 4) is 0 Å². The first kappa shape index (κ1) is 12.6. The zero-order valence-corrected chi connectivity index (χ0v) is 9.17. The Kier molecular flexibility index (Phi) is 3.11. The van der Waals surface area contributed by atoms with Gasteiger partial charge in [-0.2, -0.15) is 13.2 Å². The van der Waals surface area contributed by atoms with Crippen molar-refractivity contribution in [1.29, 1.82) is 0 Å². The number of benzene rings is 1. The summed E-state index contributed by atoms with van der Waals surface area (Å²) in [4.78, 5) is 11.5. The summed E-state index contributed by atoms with van der Waals surface area (Å²) in [6.45, 7) is -0.0640. The van der Waals surface area contributed by atoms with E-state index in [9.17, 15) is 22.4 Å². The standard InChI is InChI=1S/C12H9F4NO/c13-10-3-1-8(2-4-10)5-9-6-17(7-9)11(18)12(14,15)16/h1-5H,6-7H2. The highest BCUT2D eigenvalue weighted by Gasteiger charge is 2.45. The minimum atomic E-state index is -4.82. The third-order valence-electron chi connectivity index (χ3n) is 2.56. The fourth-order valence-electron chi connectivity index (χ4n) is 1.65. The lowest BCUT2D eigenvalue weighted by atomic mass is 10.0. The second-order valence-corrected chi connectivity index (χ2v) is 4.01. The Hall–Kier alpha value is -1.85. The van der Waals surface area contributed by atoms with Gasteiger partial charge in [-0.3, -0.25) is 4.79 Å². The van der Waals surface area contributed by atoms with E-state index in [2.05, 4.69) is 0 Å². The minimum absolute atomic E-state index is 0.0320. The summed E-state index contributed by atoms with van der Waals surface area (Å²) in [5.41, 5.74) is 1.41. The van der Waals surface area contributed by atoms with Crippen LogP contribution in [0, 0.1) is 5.82 Å². The van der Waals surface area contributed by atoms with E-state index >= 15 is 0 Å². The Bertz CT molecular complexity index is 482. The van der Waals surface area contributed by atoms with Crippen LogP contribution in [0.4, 0.5) is 17.6 Å². The van der Waals surface area contributed by atoms with Gasteiger partial charge in [-0.25, -0.2) is 4.39 Å². The highest BCUT2D eigenvalue weighted by Crippen LogP contribution is 2.25. The molecule has 0 aromatic heterocycles. The summed E-state index contributed by atoms with van der Waals surface area (Å²) in [5.74, 6) is -2.20. The number of rotatable bonds is 1. The molecule has 0 spiro atoms. The molecule has 0 atom stereocenters. The lowest BCUT2D eigenvalue weighted by molar-refractivity contribution is -0.186.